The molecule has 1 aliphatic rings. The van der Waals surface area contributed by atoms with Gasteiger partial charge in [-0.25, -0.2) is 9.78 Å². The fourth-order valence-electron chi connectivity index (χ4n) is 2.54. The topological polar surface area (TPSA) is 102 Å². The Hall–Kier alpha value is -2.99. The molecule has 0 radical (unpaired) electrons. The Balaban J connectivity index is 1.71. The molecule has 1 fully saturated rings. The number of carbonyl (C=O) groups excluding carboxylic acids is 1. The number of ether oxygens (including phenoxy) is 1. The smallest absolute Gasteiger partial charge is 0.444 e. The molecule has 2 aromatic rings. The van der Waals surface area contributed by atoms with Crippen LogP contribution in [0.1, 0.15) is 26.6 Å². The van der Waals surface area contributed by atoms with E-state index in [1.807, 2.05) is 0 Å². The first kappa shape index (κ1) is 19.8. The maximum absolute atomic E-state index is 13.0. The van der Waals surface area contributed by atoms with Gasteiger partial charge in [-0.2, -0.15) is 22.8 Å². The summed E-state index contributed by atoms with van der Waals surface area (Å²) in [7, 11) is 0. The summed E-state index contributed by atoms with van der Waals surface area (Å²) in [5, 5.41) is 9.45. The quantitative estimate of drug-likeness (QED) is 0.748. The summed E-state index contributed by atoms with van der Waals surface area (Å²) in [6.07, 6.45) is -3.79. The Kier molecular flexibility index (Phi) is 5.08. The molecule has 0 saturated carbocycles. The number of carbonyl (C=O) groups is 1. The van der Waals surface area contributed by atoms with Crippen molar-refractivity contribution in [1.82, 2.24) is 35.1 Å². The van der Waals surface area contributed by atoms with E-state index < -0.39 is 23.7 Å². The predicted molar refractivity (Wildman–Crippen MR) is 89.8 cm³/mol. The minimum atomic E-state index is -4.71. The van der Waals surface area contributed by atoms with Crippen molar-refractivity contribution in [2.24, 2.45) is 0 Å². The first-order valence-electron chi connectivity index (χ1n) is 8.46. The van der Waals surface area contributed by atoms with Crippen molar-refractivity contribution in [2.75, 3.05) is 31.1 Å². The molecule has 10 nitrogen and oxygen atoms in total. The highest BCUT2D eigenvalue weighted by Crippen LogP contribution is 2.28. The second-order valence-electron chi connectivity index (χ2n) is 7.08. The Labute approximate surface area is 158 Å². The molecule has 0 aliphatic carbocycles. The van der Waals surface area contributed by atoms with Crippen LogP contribution in [-0.4, -0.2) is 72.9 Å². The standard InChI is InChI=1S/C15H19F3N8O2/c1-14(2,3)28-13(27)25-8-6-24(7-9-25)12-19-5-4-10(20-12)26-11(15(16,17)18)21-22-23-26/h4-5H,6-9H2,1-3H3. The summed E-state index contributed by atoms with van der Waals surface area (Å²) in [6, 6.07) is 1.28. The molecular weight excluding hydrogens is 381 g/mol. The molecule has 0 unspecified atom stereocenters. The van der Waals surface area contributed by atoms with E-state index in [1.165, 1.54) is 12.3 Å². The zero-order valence-corrected chi connectivity index (χ0v) is 15.5. The lowest BCUT2D eigenvalue weighted by molar-refractivity contribution is -0.146. The molecular formula is C15H19F3N8O2. The zero-order chi connectivity index (χ0) is 20.5. The van der Waals surface area contributed by atoms with Gasteiger partial charge in [0, 0.05) is 38.4 Å². The van der Waals surface area contributed by atoms with E-state index in [9.17, 15) is 18.0 Å². The Morgan fingerprint density at radius 3 is 2.43 bits per heavy atom. The average molecular weight is 400 g/mol. The van der Waals surface area contributed by atoms with Gasteiger partial charge in [0.15, 0.2) is 5.82 Å². The minimum absolute atomic E-state index is 0.100. The number of tetrazole rings is 1. The van der Waals surface area contributed by atoms with Crippen LogP contribution in [0.3, 0.4) is 0 Å². The van der Waals surface area contributed by atoms with Gasteiger partial charge in [0.2, 0.25) is 5.95 Å². The fraction of sp³-hybridized carbons (Fsp3) is 0.600. The van der Waals surface area contributed by atoms with Crippen LogP contribution >= 0.6 is 0 Å². The molecule has 152 valence electrons. The molecule has 3 heterocycles. The van der Waals surface area contributed by atoms with Crippen LogP contribution in [0.4, 0.5) is 23.9 Å². The van der Waals surface area contributed by atoms with E-state index in [4.69, 9.17) is 4.74 Å². The predicted octanol–water partition coefficient (Wildman–Crippen LogP) is 1.53. The normalized spacial score (nSPS) is 15.6. The van der Waals surface area contributed by atoms with Gasteiger partial charge in [0.1, 0.15) is 5.60 Å². The number of alkyl halides is 3. The Morgan fingerprint density at radius 1 is 1.14 bits per heavy atom. The van der Waals surface area contributed by atoms with Gasteiger partial charge < -0.3 is 14.5 Å². The lowest BCUT2D eigenvalue weighted by Crippen LogP contribution is -2.50. The number of hydrogen-bond donors (Lipinski definition) is 0. The maximum atomic E-state index is 13.0. The molecule has 28 heavy (non-hydrogen) atoms. The summed E-state index contributed by atoms with van der Waals surface area (Å²) in [6.45, 7) is 6.93. The second kappa shape index (κ2) is 7.20. The van der Waals surface area contributed by atoms with Gasteiger partial charge in [-0.1, -0.05) is 0 Å². The van der Waals surface area contributed by atoms with Gasteiger partial charge in [0.25, 0.3) is 5.82 Å². The summed E-state index contributed by atoms with van der Waals surface area (Å²) >= 11 is 0. The van der Waals surface area contributed by atoms with E-state index in [-0.39, 0.29) is 11.8 Å². The van der Waals surface area contributed by atoms with Gasteiger partial charge in [-0.15, -0.1) is 5.10 Å². The first-order chi connectivity index (χ1) is 13.0. The second-order valence-corrected chi connectivity index (χ2v) is 7.08. The lowest BCUT2D eigenvalue weighted by Gasteiger charge is -2.35. The van der Waals surface area contributed by atoms with Crippen molar-refractivity contribution in [2.45, 2.75) is 32.5 Å². The molecule has 1 saturated heterocycles. The number of rotatable bonds is 2. The van der Waals surface area contributed by atoms with Gasteiger partial charge in [-0.05, 0) is 31.2 Å². The van der Waals surface area contributed by atoms with Crippen molar-refractivity contribution in [3.8, 4) is 5.82 Å². The van der Waals surface area contributed by atoms with Crippen LogP contribution in [0.2, 0.25) is 0 Å². The number of halogens is 3. The Morgan fingerprint density at radius 2 is 1.82 bits per heavy atom. The van der Waals surface area contributed by atoms with E-state index in [1.54, 1.807) is 30.6 Å². The van der Waals surface area contributed by atoms with Crippen LogP contribution in [0.25, 0.3) is 5.82 Å². The number of piperazine rings is 1. The fourth-order valence-corrected chi connectivity index (χ4v) is 2.54. The minimum Gasteiger partial charge on any atom is -0.444 e. The number of anilines is 1. The van der Waals surface area contributed by atoms with E-state index in [2.05, 4.69) is 25.5 Å². The SMILES string of the molecule is CC(C)(C)OC(=O)N1CCN(c2nccc(-n3nnnc3C(F)(F)F)n2)CC1. The number of amides is 1. The third-order valence-corrected chi connectivity index (χ3v) is 3.78. The van der Waals surface area contributed by atoms with Crippen molar-refractivity contribution in [3.63, 3.8) is 0 Å². The zero-order valence-electron chi connectivity index (χ0n) is 15.5. The van der Waals surface area contributed by atoms with E-state index in [0.29, 0.717) is 30.9 Å². The average Bonchev–Trinajstić information content (AvgIpc) is 3.11. The number of hydrogen-bond acceptors (Lipinski definition) is 8. The summed E-state index contributed by atoms with van der Waals surface area (Å²) < 4.78 is 44.8. The van der Waals surface area contributed by atoms with Crippen LogP contribution in [0, 0.1) is 0 Å². The summed E-state index contributed by atoms with van der Waals surface area (Å²) in [4.78, 5) is 23.7. The van der Waals surface area contributed by atoms with Crippen molar-refractivity contribution in [1.29, 1.82) is 0 Å². The maximum Gasteiger partial charge on any atom is 0.453 e. The highest BCUT2D eigenvalue weighted by Gasteiger charge is 2.39. The van der Waals surface area contributed by atoms with Crippen molar-refractivity contribution in [3.05, 3.63) is 18.1 Å². The third kappa shape index (κ3) is 4.46. The van der Waals surface area contributed by atoms with Crippen LogP contribution in [0.5, 0.6) is 0 Å². The summed E-state index contributed by atoms with van der Waals surface area (Å²) in [5.41, 5.74) is -0.590. The van der Waals surface area contributed by atoms with Gasteiger partial charge >= 0.3 is 12.3 Å². The van der Waals surface area contributed by atoms with Gasteiger partial charge in [0.05, 0.1) is 0 Å². The highest BCUT2D eigenvalue weighted by atomic mass is 19.4. The first-order valence-corrected chi connectivity index (χ1v) is 8.46. The molecule has 0 spiro atoms. The largest absolute Gasteiger partial charge is 0.453 e. The molecule has 13 heteroatoms. The number of nitrogens with zero attached hydrogens (tertiary/aromatic N) is 8. The molecule has 3 rings (SSSR count). The highest BCUT2D eigenvalue weighted by molar-refractivity contribution is 5.68. The van der Waals surface area contributed by atoms with E-state index >= 15 is 0 Å². The molecule has 0 bridgehead atoms. The Bertz CT molecular complexity index is 840. The monoisotopic (exact) mass is 400 g/mol. The molecule has 1 aliphatic heterocycles. The molecule has 0 aromatic carbocycles. The molecule has 1 amide bonds. The van der Waals surface area contributed by atoms with Crippen LogP contribution in [-0.2, 0) is 10.9 Å². The van der Waals surface area contributed by atoms with Crippen molar-refractivity contribution < 1.29 is 22.7 Å². The van der Waals surface area contributed by atoms with Crippen molar-refractivity contribution >= 4 is 12.0 Å². The van der Waals surface area contributed by atoms with Crippen LogP contribution in [0.15, 0.2) is 12.3 Å². The number of aromatic nitrogens is 6. The third-order valence-electron chi connectivity index (χ3n) is 3.78. The molecule has 0 atom stereocenters. The lowest BCUT2D eigenvalue weighted by atomic mass is 10.2. The summed E-state index contributed by atoms with van der Waals surface area (Å²) in [5.74, 6) is -1.14. The molecule has 2 aromatic heterocycles. The van der Waals surface area contributed by atoms with E-state index in [0.717, 1.165) is 0 Å². The molecule has 0 N–H and O–H groups in total. The van der Waals surface area contributed by atoms with Gasteiger partial charge in [-0.3, -0.25) is 0 Å². The van der Waals surface area contributed by atoms with Crippen LogP contribution < -0.4 is 4.90 Å².